The van der Waals surface area contributed by atoms with E-state index in [1.807, 2.05) is 6.92 Å². The van der Waals surface area contributed by atoms with Gasteiger partial charge >= 0.3 is 0 Å². The van der Waals surface area contributed by atoms with Crippen LogP contribution in [0.5, 0.6) is 0 Å². The van der Waals surface area contributed by atoms with Crippen LogP contribution in [0.4, 0.5) is 0 Å². The smallest absolute Gasteiger partial charge is 0.260 e. The Kier molecular flexibility index (Phi) is 3.63. The van der Waals surface area contributed by atoms with Gasteiger partial charge in [-0.3, -0.25) is 9.59 Å². The maximum Gasteiger partial charge on any atom is 0.260 e. The van der Waals surface area contributed by atoms with E-state index in [9.17, 15) is 9.59 Å². The van der Waals surface area contributed by atoms with Crippen LogP contribution < -0.4 is 0 Å². The Morgan fingerprint density at radius 1 is 1.47 bits per heavy atom. The van der Waals surface area contributed by atoms with Gasteiger partial charge in [0, 0.05) is 19.3 Å². The van der Waals surface area contributed by atoms with Crippen molar-refractivity contribution in [2.75, 3.05) is 19.3 Å². The number of fused-ring (bicyclic) bond motifs is 1. The number of piperazine rings is 1. The average Bonchev–Trinajstić information content (AvgIpc) is 2.80. The second-order valence-corrected chi connectivity index (χ2v) is 7.51. The van der Waals surface area contributed by atoms with Crippen LogP contribution in [0.2, 0.25) is 0 Å². The maximum atomic E-state index is 12.5. The van der Waals surface area contributed by atoms with E-state index in [-0.39, 0.29) is 17.9 Å². The van der Waals surface area contributed by atoms with Crippen LogP contribution in [-0.2, 0) is 9.59 Å². The molecule has 0 aromatic rings. The van der Waals surface area contributed by atoms with E-state index in [1.165, 1.54) is 10.8 Å². The maximum absolute atomic E-state index is 12.5. The first-order valence-corrected chi connectivity index (χ1v) is 8.23. The average molecular weight is 274 g/mol. The second-order valence-electron chi connectivity index (χ2n) is 4.53. The molecule has 96 valence electrons. The van der Waals surface area contributed by atoms with Crippen molar-refractivity contribution in [3.05, 3.63) is 0 Å². The zero-order chi connectivity index (χ0) is 12.6. The van der Waals surface area contributed by atoms with Gasteiger partial charge in [0.1, 0.15) is 6.04 Å². The molecule has 2 rings (SSSR count). The number of hydrogen-bond acceptors (Lipinski definition) is 4. The highest BCUT2D eigenvalue weighted by Gasteiger charge is 2.53. The zero-order valence-electron chi connectivity index (χ0n) is 10.4. The number of nitrogens with zero attached hydrogens (tertiary/aromatic N) is 2. The Bertz CT molecular complexity index is 350. The molecular formula is C11H18N2O2S2. The summed E-state index contributed by atoms with van der Waals surface area (Å²) in [5.41, 5.74) is 0. The van der Waals surface area contributed by atoms with Gasteiger partial charge in [0.15, 0.2) is 4.87 Å². The lowest BCUT2D eigenvalue weighted by molar-refractivity contribution is -0.159. The lowest BCUT2D eigenvalue weighted by Crippen LogP contribution is -2.66. The fourth-order valence-corrected chi connectivity index (χ4v) is 4.70. The zero-order valence-corrected chi connectivity index (χ0v) is 12.1. The van der Waals surface area contributed by atoms with E-state index in [0.29, 0.717) is 0 Å². The standard InChI is InChI=1S/C11H18N2O2S2/c1-4-16-17-11(2)10(15)13-7-5-6-8(13)9(14)12(11)3/h8H,4-7H2,1-3H3/t8-,11+/m1/s1. The fraction of sp³-hybridized carbons (Fsp3) is 0.818. The molecule has 17 heavy (non-hydrogen) atoms. The van der Waals surface area contributed by atoms with Gasteiger partial charge in [-0.2, -0.15) is 0 Å². The number of amides is 2. The van der Waals surface area contributed by atoms with E-state index in [2.05, 4.69) is 6.92 Å². The van der Waals surface area contributed by atoms with Gasteiger partial charge in [-0.25, -0.2) is 0 Å². The molecule has 0 saturated carbocycles. The summed E-state index contributed by atoms with van der Waals surface area (Å²) in [7, 11) is 4.88. The molecule has 0 radical (unpaired) electrons. The van der Waals surface area contributed by atoms with Crippen molar-refractivity contribution in [1.82, 2.24) is 9.80 Å². The first-order chi connectivity index (χ1) is 8.02. The van der Waals surface area contributed by atoms with Gasteiger partial charge in [-0.1, -0.05) is 28.5 Å². The predicted molar refractivity (Wildman–Crippen MR) is 71.6 cm³/mol. The first-order valence-electron chi connectivity index (χ1n) is 5.91. The lowest BCUT2D eigenvalue weighted by atomic mass is 10.1. The Hall–Kier alpha value is -0.360. The molecule has 0 aromatic carbocycles. The minimum atomic E-state index is -0.737. The van der Waals surface area contributed by atoms with Crippen LogP contribution in [0.1, 0.15) is 26.7 Å². The van der Waals surface area contributed by atoms with Gasteiger partial charge in [-0.05, 0) is 19.8 Å². The Balaban J connectivity index is 2.26. The van der Waals surface area contributed by atoms with Crippen molar-refractivity contribution in [3.63, 3.8) is 0 Å². The number of rotatable bonds is 3. The topological polar surface area (TPSA) is 40.6 Å². The summed E-state index contributed by atoms with van der Waals surface area (Å²) in [5, 5.41) is 0. The van der Waals surface area contributed by atoms with Crippen LogP contribution in [0.25, 0.3) is 0 Å². The molecule has 2 fully saturated rings. The molecule has 0 aromatic heterocycles. The second kappa shape index (κ2) is 4.72. The number of hydrogen-bond donors (Lipinski definition) is 0. The molecular weight excluding hydrogens is 256 g/mol. The predicted octanol–water partition coefficient (Wildman–Crippen LogP) is 1.57. The molecule has 0 bridgehead atoms. The molecule has 2 aliphatic rings. The van der Waals surface area contributed by atoms with Crippen LogP contribution in [0, 0.1) is 0 Å². The van der Waals surface area contributed by atoms with Crippen LogP contribution in [-0.4, -0.2) is 51.9 Å². The monoisotopic (exact) mass is 274 g/mol. The molecule has 0 N–H and O–H groups in total. The molecule has 6 heteroatoms. The third-order valence-corrected chi connectivity index (χ3v) is 6.67. The Morgan fingerprint density at radius 3 is 2.82 bits per heavy atom. The van der Waals surface area contributed by atoms with Crippen molar-refractivity contribution in [3.8, 4) is 0 Å². The van der Waals surface area contributed by atoms with Crippen molar-refractivity contribution in [2.24, 2.45) is 0 Å². The van der Waals surface area contributed by atoms with Crippen molar-refractivity contribution >= 4 is 33.4 Å². The molecule has 0 unspecified atom stereocenters. The van der Waals surface area contributed by atoms with E-state index in [1.54, 1.807) is 27.6 Å². The quantitative estimate of drug-likeness (QED) is 0.733. The van der Waals surface area contributed by atoms with Gasteiger partial charge in [0.25, 0.3) is 5.91 Å². The molecule has 2 amide bonds. The molecule has 0 aliphatic carbocycles. The fourth-order valence-electron chi connectivity index (χ4n) is 2.38. The molecule has 2 heterocycles. The highest BCUT2D eigenvalue weighted by molar-refractivity contribution is 8.77. The summed E-state index contributed by atoms with van der Waals surface area (Å²) < 4.78 is 0. The van der Waals surface area contributed by atoms with E-state index < -0.39 is 4.87 Å². The Labute approximate surface area is 110 Å². The highest BCUT2D eigenvalue weighted by Crippen LogP contribution is 2.43. The molecule has 2 saturated heterocycles. The van der Waals surface area contributed by atoms with Gasteiger partial charge in [0.05, 0.1) is 0 Å². The Morgan fingerprint density at radius 2 is 2.18 bits per heavy atom. The molecule has 2 atom stereocenters. The number of carbonyl (C=O) groups excluding carboxylic acids is 2. The van der Waals surface area contributed by atoms with E-state index in [4.69, 9.17) is 0 Å². The third-order valence-electron chi connectivity index (χ3n) is 3.51. The summed E-state index contributed by atoms with van der Waals surface area (Å²) in [5.74, 6) is 1.11. The van der Waals surface area contributed by atoms with Crippen molar-refractivity contribution < 1.29 is 9.59 Å². The van der Waals surface area contributed by atoms with Crippen LogP contribution in [0.3, 0.4) is 0 Å². The van der Waals surface area contributed by atoms with Crippen LogP contribution >= 0.6 is 21.6 Å². The summed E-state index contributed by atoms with van der Waals surface area (Å²) in [4.78, 5) is 27.4. The molecule has 2 aliphatic heterocycles. The van der Waals surface area contributed by atoms with Crippen molar-refractivity contribution in [2.45, 2.75) is 37.6 Å². The van der Waals surface area contributed by atoms with E-state index in [0.717, 1.165) is 25.1 Å². The minimum Gasteiger partial charge on any atom is -0.328 e. The van der Waals surface area contributed by atoms with Crippen LogP contribution in [0.15, 0.2) is 0 Å². The number of likely N-dealkylation sites (N-methyl/N-ethyl adjacent to an activating group) is 1. The third kappa shape index (κ3) is 1.95. The summed E-state index contributed by atoms with van der Waals surface area (Å²) in [6, 6.07) is -0.201. The first kappa shape index (κ1) is 13.1. The van der Waals surface area contributed by atoms with Gasteiger partial charge < -0.3 is 9.80 Å². The largest absolute Gasteiger partial charge is 0.328 e. The number of carbonyl (C=O) groups is 2. The van der Waals surface area contributed by atoms with Gasteiger partial charge in [-0.15, -0.1) is 0 Å². The summed E-state index contributed by atoms with van der Waals surface area (Å²) >= 11 is 0. The summed E-state index contributed by atoms with van der Waals surface area (Å²) in [6.07, 6.45) is 1.76. The van der Waals surface area contributed by atoms with Crippen molar-refractivity contribution in [1.29, 1.82) is 0 Å². The lowest BCUT2D eigenvalue weighted by Gasteiger charge is -2.46. The minimum absolute atomic E-state index is 0.0908. The normalized spacial score (nSPS) is 33.2. The molecule has 4 nitrogen and oxygen atoms in total. The summed E-state index contributed by atoms with van der Waals surface area (Å²) in [6.45, 7) is 4.64. The highest BCUT2D eigenvalue weighted by atomic mass is 33.1. The molecule has 0 spiro atoms. The van der Waals surface area contributed by atoms with Gasteiger partial charge in [0.2, 0.25) is 5.91 Å². The SMILES string of the molecule is CCSS[C@@]1(C)C(=O)N2CCC[C@@H]2C(=O)N1C. The van der Waals surface area contributed by atoms with E-state index >= 15 is 0 Å².